The normalized spacial score (nSPS) is 23.2. The molecule has 1 aliphatic heterocycles. The molecule has 0 aromatic carbocycles. The van der Waals surface area contributed by atoms with Gasteiger partial charge in [-0.25, -0.2) is 24.4 Å². The molecule has 4 aromatic rings. The molecule has 32 heavy (non-hydrogen) atoms. The Bertz CT molecular complexity index is 1330. The lowest BCUT2D eigenvalue weighted by molar-refractivity contribution is -0.0492. The third kappa shape index (κ3) is 3.24. The van der Waals surface area contributed by atoms with E-state index >= 15 is 0 Å². The van der Waals surface area contributed by atoms with Gasteiger partial charge in [-0.05, 0) is 6.07 Å². The molecule has 0 amide bonds. The van der Waals surface area contributed by atoms with E-state index in [-0.39, 0.29) is 24.8 Å². The molecule has 1 saturated heterocycles. The number of aliphatic hydroxyl groups excluding tert-OH is 2. The second-order valence-corrected chi connectivity index (χ2v) is 7.26. The van der Waals surface area contributed by atoms with Crippen molar-refractivity contribution in [2.75, 3.05) is 18.1 Å². The van der Waals surface area contributed by atoms with Crippen molar-refractivity contribution in [1.82, 2.24) is 44.1 Å². The Labute approximate surface area is 178 Å². The van der Waals surface area contributed by atoms with Crippen LogP contribution in [0.2, 0.25) is 0 Å². The maximum absolute atomic E-state index is 12.0. The number of imidazole rings is 1. The number of aromatic nitrogens is 9. The van der Waals surface area contributed by atoms with E-state index in [0.29, 0.717) is 16.9 Å². The average Bonchev–Trinajstić information content (AvgIpc) is 3.47. The van der Waals surface area contributed by atoms with Gasteiger partial charge in [0.25, 0.3) is 0 Å². The van der Waals surface area contributed by atoms with E-state index < -0.39 is 30.2 Å². The number of hydrogen-bond donors (Lipinski definition) is 4. The Morgan fingerprint density at radius 1 is 1.22 bits per heavy atom. The van der Waals surface area contributed by atoms with Crippen LogP contribution in [-0.2, 0) is 11.3 Å². The molecular weight excluding hydrogens is 422 g/mol. The molecule has 1 aliphatic rings. The minimum absolute atomic E-state index is 0.103. The van der Waals surface area contributed by atoms with Gasteiger partial charge in [0.15, 0.2) is 17.7 Å². The molecule has 0 aliphatic carbocycles. The van der Waals surface area contributed by atoms with E-state index in [1.165, 1.54) is 38.7 Å². The molecule has 1 fully saturated rings. The smallest absolute Gasteiger partial charge is 0.349 e. The fourth-order valence-electron chi connectivity index (χ4n) is 3.76. The summed E-state index contributed by atoms with van der Waals surface area (Å²) >= 11 is 0. The van der Waals surface area contributed by atoms with Crippen molar-refractivity contribution in [2.45, 2.75) is 31.0 Å². The van der Waals surface area contributed by atoms with Crippen molar-refractivity contribution in [3.63, 3.8) is 0 Å². The van der Waals surface area contributed by atoms with Crippen LogP contribution in [0.4, 0.5) is 11.6 Å². The molecule has 4 atom stereocenters. The molecular formula is C17H19N11O4. The average molecular weight is 441 g/mol. The molecule has 0 bridgehead atoms. The van der Waals surface area contributed by atoms with Crippen molar-refractivity contribution in [3.05, 3.63) is 47.3 Å². The van der Waals surface area contributed by atoms with Gasteiger partial charge in [0.2, 0.25) is 0 Å². The van der Waals surface area contributed by atoms with Gasteiger partial charge in [0.1, 0.15) is 41.6 Å². The standard InChI is InChI=1S/C17H19N11O4/c18-10-1-2-26(17(31)23-10)3-8-4-28(25-24-8)12-9(5-29)32-16(13(12)30)27-7-22-11-14(19)20-6-21-15(11)27/h1-2,4,6-7,9,12-13,16,29-30H,3,5H2,(H2,18,23,31)(H2,19,20,21)/t9-,12-,13-,16-/m1/s1. The van der Waals surface area contributed by atoms with Gasteiger partial charge in [0, 0.05) is 6.20 Å². The van der Waals surface area contributed by atoms with E-state index in [1.54, 1.807) is 6.20 Å². The van der Waals surface area contributed by atoms with Crippen LogP contribution in [0.25, 0.3) is 11.2 Å². The minimum Gasteiger partial charge on any atom is -0.394 e. The summed E-state index contributed by atoms with van der Waals surface area (Å²) in [7, 11) is 0. The first-order valence-corrected chi connectivity index (χ1v) is 9.57. The highest BCUT2D eigenvalue weighted by atomic mass is 16.5. The van der Waals surface area contributed by atoms with E-state index in [1.807, 2.05) is 0 Å². The van der Waals surface area contributed by atoms with E-state index in [0.717, 1.165) is 0 Å². The Balaban J connectivity index is 1.43. The fraction of sp³-hybridized carbons (Fsp3) is 0.353. The fourth-order valence-corrected chi connectivity index (χ4v) is 3.76. The van der Waals surface area contributed by atoms with Gasteiger partial charge in [0.05, 0.1) is 25.7 Å². The topological polar surface area (TPSA) is 211 Å². The second-order valence-electron chi connectivity index (χ2n) is 7.26. The van der Waals surface area contributed by atoms with Gasteiger partial charge in [-0.1, -0.05) is 5.21 Å². The number of aliphatic hydroxyl groups is 2. The van der Waals surface area contributed by atoms with Crippen molar-refractivity contribution in [2.24, 2.45) is 0 Å². The SMILES string of the molecule is Nc1ccn(Cc2cn([C@H]3[C@@H](O)[C@H](n4cnc5c(N)ncnc54)O[C@@H]3CO)nn2)c(=O)n1. The van der Waals surface area contributed by atoms with Gasteiger partial charge < -0.3 is 26.4 Å². The Hall–Kier alpha value is -3.95. The lowest BCUT2D eigenvalue weighted by atomic mass is 10.1. The zero-order chi connectivity index (χ0) is 22.4. The molecule has 5 heterocycles. The highest BCUT2D eigenvalue weighted by Gasteiger charge is 2.46. The minimum atomic E-state index is -1.13. The number of nitrogens with zero attached hydrogens (tertiary/aromatic N) is 9. The lowest BCUT2D eigenvalue weighted by Crippen LogP contribution is -2.31. The number of hydrogen-bond acceptors (Lipinski definition) is 12. The van der Waals surface area contributed by atoms with Crippen LogP contribution in [0, 0.1) is 0 Å². The second kappa shape index (κ2) is 7.63. The number of anilines is 2. The molecule has 0 saturated carbocycles. The first kappa shape index (κ1) is 20.0. The number of ether oxygens (including phenoxy) is 1. The predicted molar refractivity (Wildman–Crippen MR) is 108 cm³/mol. The van der Waals surface area contributed by atoms with Gasteiger partial charge in [-0.15, -0.1) is 5.10 Å². The van der Waals surface area contributed by atoms with Gasteiger partial charge in [-0.2, -0.15) is 4.98 Å². The van der Waals surface area contributed by atoms with Crippen LogP contribution in [0.1, 0.15) is 18.0 Å². The quantitative estimate of drug-likeness (QED) is 0.257. The van der Waals surface area contributed by atoms with Crippen LogP contribution < -0.4 is 17.2 Å². The maximum Gasteiger partial charge on any atom is 0.349 e. The molecule has 15 nitrogen and oxygen atoms in total. The van der Waals surface area contributed by atoms with Crippen LogP contribution in [0.15, 0.2) is 35.9 Å². The largest absolute Gasteiger partial charge is 0.394 e. The molecule has 6 N–H and O–H groups in total. The summed E-state index contributed by atoms with van der Waals surface area (Å²) in [6, 6.07) is 0.738. The summed E-state index contributed by atoms with van der Waals surface area (Å²) < 4.78 is 10.1. The summed E-state index contributed by atoms with van der Waals surface area (Å²) in [6.45, 7) is -0.274. The first-order chi connectivity index (χ1) is 15.5. The summed E-state index contributed by atoms with van der Waals surface area (Å²) in [5, 5.41) is 29.0. The predicted octanol–water partition coefficient (Wildman–Crippen LogP) is -2.32. The number of rotatable bonds is 5. The maximum atomic E-state index is 12.0. The van der Waals surface area contributed by atoms with Crippen molar-refractivity contribution in [3.8, 4) is 0 Å². The van der Waals surface area contributed by atoms with Gasteiger partial charge in [-0.3, -0.25) is 9.13 Å². The van der Waals surface area contributed by atoms with Crippen LogP contribution in [-0.4, -0.2) is 73.1 Å². The zero-order valence-corrected chi connectivity index (χ0v) is 16.5. The summed E-state index contributed by atoms with van der Waals surface area (Å²) in [4.78, 5) is 27.9. The van der Waals surface area contributed by atoms with E-state index in [2.05, 4.69) is 30.2 Å². The highest BCUT2D eigenvalue weighted by Crippen LogP contribution is 2.38. The highest BCUT2D eigenvalue weighted by molar-refractivity contribution is 5.81. The van der Waals surface area contributed by atoms with Crippen molar-refractivity contribution >= 4 is 22.8 Å². The number of fused-ring (bicyclic) bond motifs is 1. The first-order valence-electron chi connectivity index (χ1n) is 9.57. The van der Waals surface area contributed by atoms with Crippen molar-refractivity contribution in [1.29, 1.82) is 0 Å². The molecule has 0 unspecified atom stereocenters. The zero-order valence-electron chi connectivity index (χ0n) is 16.5. The summed E-state index contributed by atoms with van der Waals surface area (Å²) in [5.41, 5.74) is 12.0. The lowest BCUT2D eigenvalue weighted by Gasteiger charge is -2.19. The number of nitrogen functional groups attached to an aromatic ring is 2. The van der Waals surface area contributed by atoms with Crippen LogP contribution >= 0.6 is 0 Å². The Morgan fingerprint density at radius 2 is 2.06 bits per heavy atom. The molecule has 166 valence electrons. The monoisotopic (exact) mass is 441 g/mol. The van der Waals surface area contributed by atoms with E-state index in [4.69, 9.17) is 16.2 Å². The summed E-state index contributed by atoms with van der Waals surface area (Å²) in [6.07, 6.45) is 2.97. The Kier molecular flexibility index (Phi) is 4.76. The van der Waals surface area contributed by atoms with Gasteiger partial charge >= 0.3 is 5.69 Å². The molecule has 4 aromatic heterocycles. The molecule has 0 radical (unpaired) electrons. The van der Waals surface area contributed by atoms with E-state index in [9.17, 15) is 15.0 Å². The van der Waals surface area contributed by atoms with Crippen molar-refractivity contribution < 1.29 is 14.9 Å². The Morgan fingerprint density at radius 3 is 2.84 bits per heavy atom. The number of nitrogens with two attached hydrogens (primary N) is 2. The van der Waals surface area contributed by atoms with Crippen LogP contribution in [0.3, 0.4) is 0 Å². The molecule has 5 rings (SSSR count). The molecule has 0 spiro atoms. The molecule has 15 heteroatoms. The van der Waals surface area contributed by atoms with Crippen LogP contribution in [0.5, 0.6) is 0 Å². The summed E-state index contributed by atoms with van der Waals surface area (Å²) in [5.74, 6) is 0.321. The third-order valence-electron chi connectivity index (χ3n) is 5.27. The third-order valence-corrected chi connectivity index (χ3v) is 5.27.